The van der Waals surface area contributed by atoms with Gasteiger partial charge in [0.2, 0.25) is 0 Å². The molecule has 1 aliphatic rings. The van der Waals surface area contributed by atoms with Gasteiger partial charge in [0.25, 0.3) is 5.78 Å². The number of benzene rings is 3. The van der Waals surface area contributed by atoms with E-state index < -0.39 is 17.7 Å². The van der Waals surface area contributed by atoms with Crippen LogP contribution in [-0.4, -0.2) is 44.4 Å². The Morgan fingerprint density at radius 2 is 1.67 bits per heavy atom. The van der Waals surface area contributed by atoms with Gasteiger partial charge in [-0.25, -0.2) is 9.97 Å². The van der Waals surface area contributed by atoms with Crippen LogP contribution in [0.1, 0.15) is 48.0 Å². The third kappa shape index (κ3) is 5.76. The number of hydrogen-bond acceptors (Lipinski definition) is 9. The number of aliphatic hydroxyl groups excluding tert-OH is 1. The molecule has 0 bridgehead atoms. The van der Waals surface area contributed by atoms with E-state index in [0.717, 1.165) is 15.8 Å². The van der Waals surface area contributed by atoms with Crippen LogP contribution in [0, 0.1) is 13.8 Å². The molecule has 1 unspecified atom stereocenters. The van der Waals surface area contributed by atoms with E-state index in [4.69, 9.17) is 24.2 Å². The lowest BCUT2D eigenvalue weighted by Gasteiger charge is -2.24. The van der Waals surface area contributed by atoms with E-state index in [1.165, 1.54) is 16.2 Å². The summed E-state index contributed by atoms with van der Waals surface area (Å²) in [5.74, 6) is -0.404. The smallest absolute Gasteiger partial charge is 0.301 e. The summed E-state index contributed by atoms with van der Waals surface area (Å²) in [6, 6.07) is 23.3. The molecule has 1 aliphatic heterocycles. The molecule has 7 rings (SSSR count). The summed E-state index contributed by atoms with van der Waals surface area (Å²) in [4.78, 5) is 38.9. The second-order valence-electron chi connectivity index (χ2n) is 11.6. The minimum atomic E-state index is -1.04. The van der Waals surface area contributed by atoms with E-state index >= 15 is 0 Å². The van der Waals surface area contributed by atoms with Crippen molar-refractivity contribution in [1.29, 1.82) is 0 Å². The van der Waals surface area contributed by atoms with Gasteiger partial charge in [-0.3, -0.25) is 14.5 Å². The molecule has 6 aromatic rings. The number of rotatable bonds is 10. The van der Waals surface area contributed by atoms with Gasteiger partial charge in [-0.15, -0.1) is 0 Å². The van der Waals surface area contributed by atoms with Crippen molar-refractivity contribution in [3.05, 3.63) is 119 Å². The highest BCUT2D eigenvalue weighted by molar-refractivity contribution is 7.22. The van der Waals surface area contributed by atoms with Crippen LogP contribution < -0.4 is 19.1 Å². The third-order valence-electron chi connectivity index (χ3n) is 8.44. The van der Waals surface area contributed by atoms with E-state index in [9.17, 15) is 14.7 Å². The Morgan fingerprint density at radius 3 is 2.43 bits per heavy atom. The van der Waals surface area contributed by atoms with Crippen molar-refractivity contribution < 1.29 is 28.9 Å². The molecule has 11 heteroatoms. The molecule has 1 atom stereocenters. The van der Waals surface area contributed by atoms with Crippen LogP contribution in [-0.2, 0) is 16.2 Å². The molecule has 248 valence electrons. The van der Waals surface area contributed by atoms with Gasteiger partial charge in [0, 0.05) is 6.20 Å². The van der Waals surface area contributed by atoms with E-state index in [2.05, 4.69) is 0 Å². The number of amides is 1. The van der Waals surface area contributed by atoms with Crippen LogP contribution in [0.15, 0.2) is 90.6 Å². The molecule has 10 nitrogen and oxygen atoms in total. The fraction of sp³-hybridized carbons (Fsp3) is 0.211. The Bertz CT molecular complexity index is 2260. The zero-order valence-corrected chi connectivity index (χ0v) is 28.3. The zero-order valence-electron chi connectivity index (χ0n) is 27.5. The normalized spacial score (nSPS) is 15.8. The second kappa shape index (κ2) is 13.1. The van der Waals surface area contributed by atoms with E-state index in [1.54, 1.807) is 18.2 Å². The van der Waals surface area contributed by atoms with Gasteiger partial charge in [-0.1, -0.05) is 53.8 Å². The van der Waals surface area contributed by atoms with Crippen LogP contribution in [0.3, 0.4) is 0 Å². The van der Waals surface area contributed by atoms with Crippen molar-refractivity contribution in [2.45, 2.75) is 40.3 Å². The Labute approximate surface area is 286 Å². The van der Waals surface area contributed by atoms with Crippen LogP contribution >= 0.6 is 11.3 Å². The Morgan fingerprint density at radius 1 is 0.878 bits per heavy atom. The molecule has 1 fully saturated rings. The van der Waals surface area contributed by atoms with Gasteiger partial charge in [-0.2, -0.15) is 0 Å². The highest BCUT2D eigenvalue weighted by Crippen LogP contribution is 2.46. The number of nitrogens with zero attached hydrogens (tertiary/aromatic N) is 4. The maximum Gasteiger partial charge on any atom is 0.301 e. The molecule has 3 aromatic carbocycles. The van der Waals surface area contributed by atoms with Crippen molar-refractivity contribution in [1.82, 2.24) is 14.4 Å². The first kappa shape index (κ1) is 31.9. The quantitative estimate of drug-likeness (QED) is 0.0900. The third-order valence-corrected chi connectivity index (χ3v) is 9.46. The number of ether oxygens (including phenoxy) is 3. The minimum Gasteiger partial charge on any atom is -0.505 e. The van der Waals surface area contributed by atoms with E-state index in [0.29, 0.717) is 64.6 Å². The lowest BCUT2D eigenvalue weighted by Crippen LogP contribution is -2.29. The number of pyridine rings is 1. The summed E-state index contributed by atoms with van der Waals surface area (Å²) in [7, 11) is 0. The fourth-order valence-corrected chi connectivity index (χ4v) is 7.11. The number of fused-ring (bicyclic) bond motifs is 2. The maximum atomic E-state index is 14.0. The fourth-order valence-electron chi connectivity index (χ4n) is 6.09. The maximum absolute atomic E-state index is 14.0. The van der Waals surface area contributed by atoms with Gasteiger partial charge in [0.05, 0.1) is 40.7 Å². The van der Waals surface area contributed by atoms with Gasteiger partial charge in [-0.05, 0) is 80.8 Å². The molecule has 0 aliphatic carbocycles. The summed E-state index contributed by atoms with van der Waals surface area (Å²) < 4.78 is 20.5. The SMILES string of the molecule is CCOc1ccc2nc(N3C(=O)C(=O)/C(=C(/O)c4nc5c(C)cccn5c4C)C3c3ccc(OCc4ccccc4)c(OCC)c3)sc2c1. The lowest BCUT2D eigenvalue weighted by atomic mass is 9.96. The van der Waals surface area contributed by atoms with Crippen molar-refractivity contribution >= 4 is 49.8 Å². The number of carbonyl (C=O) groups is 2. The number of aliphatic hydroxyl groups is 1. The first-order chi connectivity index (χ1) is 23.8. The molecule has 3 aromatic heterocycles. The van der Waals surface area contributed by atoms with Gasteiger partial charge >= 0.3 is 5.91 Å². The van der Waals surface area contributed by atoms with Crippen LogP contribution in [0.4, 0.5) is 5.13 Å². The molecule has 1 amide bonds. The van der Waals surface area contributed by atoms with Crippen LogP contribution in [0.2, 0.25) is 0 Å². The summed E-state index contributed by atoms with van der Waals surface area (Å²) in [5.41, 5.74) is 4.46. The number of thiazole rings is 1. The molecule has 49 heavy (non-hydrogen) atoms. The standard InChI is InChI=1S/C38H34N4O6S/c1-5-46-26-15-16-27-30(20-26)49-38(39-27)42-33(25-14-17-28(29(19-25)47-6-2)48-21-24-12-8-7-9-13-24)31(35(44)37(42)45)34(43)32-23(4)41-18-10-11-22(3)36(41)40-32/h7-20,33,43H,5-6,21H2,1-4H3/b34-31+. The minimum absolute atomic E-state index is 0.0937. The van der Waals surface area contributed by atoms with Gasteiger partial charge < -0.3 is 23.7 Å². The number of anilines is 1. The zero-order chi connectivity index (χ0) is 34.2. The number of carbonyl (C=O) groups excluding carboxylic acids is 2. The number of aryl methyl sites for hydroxylation is 2. The van der Waals surface area contributed by atoms with Crippen molar-refractivity contribution in [2.24, 2.45) is 0 Å². The second-order valence-corrected chi connectivity index (χ2v) is 12.6. The van der Waals surface area contributed by atoms with Crippen molar-refractivity contribution in [3.63, 3.8) is 0 Å². The number of Topliss-reactive ketones (excluding diaryl/α,β-unsaturated/α-hetero) is 1. The molecule has 4 heterocycles. The lowest BCUT2D eigenvalue weighted by molar-refractivity contribution is -0.132. The summed E-state index contributed by atoms with van der Waals surface area (Å²) >= 11 is 1.26. The van der Waals surface area contributed by atoms with Crippen LogP contribution in [0.5, 0.6) is 17.2 Å². The number of imidazole rings is 1. The Kier molecular flexibility index (Phi) is 8.52. The Hall–Kier alpha value is -5.68. The summed E-state index contributed by atoms with van der Waals surface area (Å²) in [5, 5.41) is 12.3. The van der Waals surface area contributed by atoms with Crippen LogP contribution in [0.25, 0.3) is 21.6 Å². The topological polar surface area (TPSA) is 115 Å². The number of ketones is 1. The highest BCUT2D eigenvalue weighted by atomic mass is 32.1. The molecule has 0 radical (unpaired) electrons. The molecule has 1 N–H and O–H groups in total. The molecular weight excluding hydrogens is 641 g/mol. The van der Waals surface area contributed by atoms with Gasteiger partial charge in [0.1, 0.15) is 23.7 Å². The number of hydrogen-bond donors (Lipinski definition) is 1. The monoisotopic (exact) mass is 674 g/mol. The largest absolute Gasteiger partial charge is 0.505 e. The average Bonchev–Trinajstić information content (AvgIpc) is 3.76. The molecule has 0 saturated carbocycles. The first-order valence-electron chi connectivity index (χ1n) is 16.0. The highest BCUT2D eigenvalue weighted by Gasteiger charge is 2.49. The predicted molar refractivity (Wildman–Crippen MR) is 189 cm³/mol. The van der Waals surface area contributed by atoms with E-state index in [-0.39, 0.29) is 17.0 Å². The van der Waals surface area contributed by atoms with Gasteiger partial charge in [0.15, 0.2) is 22.4 Å². The summed E-state index contributed by atoms with van der Waals surface area (Å²) in [6.45, 7) is 8.68. The molecule has 1 saturated heterocycles. The predicted octanol–water partition coefficient (Wildman–Crippen LogP) is 7.56. The molecular formula is C38H34N4O6S. The first-order valence-corrected chi connectivity index (χ1v) is 16.8. The van der Waals surface area contributed by atoms with E-state index in [1.807, 2.05) is 99.0 Å². The van der Waals surface area contributed by atoms with Crippen molar-refractivity contribution in [3.8, 4) is 17.2 Å². The van der Waals surface area contributed by atoms with Crippen molar-refractivity contribution in [2.75, 3.05) is 18.1 Å². The average molecular weight is 675 g/mol. The Balaban J connectivity index is 1.39. The number of aromatic nitrogens is 3. The molecule has 0 spiro atoms. The summed E-state index contributed by atoms with van der Waals surface area (Å²) in [6.07, 6.45) is 1.84.